The van der Waals surface area contributed by atoms with Gasteiger partial charge in [-0.3, -0.25) is 0 Å². The lowest BCUT2D eigenvalue weighted by molar-refractivity contribution is 0.132. The summed E-state index contributed by atoms with van der Waals surface area (Å²) < 4.78 is 0. The zero-order valence-electron chi connectivity index (χ0n) is 10.9. The molecule has 0 aliphatic rings. The number of rotatable bonds is 5. The Bertz CT molecular complexity index is 651. The molecule has 1 radical (unpaired) electrons. The van der Waals surface area contributed by atoms with Crippen LogP contribution in [0.2, 0.25) is 0 Å². The van der Waals surface area contributed by atoms with Crippen LogP contribution in [0.1, 0.15) is 22.3 Å². The van der Waals surface area contributed by atoms with Crippen molar-refractivity contribution in [1.29, 1.82) is 5.26 Å². The normalized spacial score (nSPS) is 10.2. The van der Waals surface area contributed by atoms with Crippen molar-refractivity contribution in [2.75, 3.05) is 0 Å². The third kappa shape index (κ3) is 3.82. The fourth-order valence-corrected chi connectivity index (χ4v) is 1.60. The topological polar surface area (TPSA) is 45.4 Å². The maximum absolute atomic E-state index is 8.78. The Labute approximate surface area is 118 Å². The molecule has 0 saturated heterocycles. The zero-order chi connectivity index (χ0) is 14.2. The summed E-state index contributed by atoms with van der Waals surface area (Å²) in [5, 5.41) is 12.6. The first-order chi connectivity index (χ1) is 9.81. The molecule has 2 rings (SSSR count). The molecule has 0 aromatic heterocycles. The maximum atomic E-state index is 8.78. The Kier molecular flexibility index (Phi) is 4.69. The van der Waals surface area contributed by atoms with Crippen molar-refractivity contribution >= 4 is 12.3 Å². The molecule has 3 nitrogen and oxygen atoms in total. The van der Waals surface area contributed by atoms with E-state index in [9.17, 15) is 0 Å². The minimum atomic E-state index is 0.377. The Morgan fingerprint density at radius 3 is 2.60 bits per heavy atom. The smallest absolute Gasteiger partial charge is 0.142 e. The fraction of sp³-hybridized carbons (Fsp3) is 0.0588. The van der Waals surface area contributed by atoms with Gasteiger partial charge in [-0.2, -0.15) is 5.26 Å². The van der Waals surface area contributed by atoms with E-state index in [2.05, 4.69) is 24.0 Å². The van der Waals surface area contributed by atoms with E-state index in [0.29, 0.717) is 17.7 Å². The molecule has 97 valence electrons. The van der Waals surface area contributed by atoms with Crippen LogP contribution in [0.5, 0.6) is 0 Å². The second-order valence-corrected chi connectivity index (χ2v) is 4.11. The quantitative estimate of drug-likeness (QED) is 0.609. The van der Waals surface area contributed by atoms with Crippen LogP contribution in [-0.2, 0) is 11.4 Å². The molecular weight excluding hydrogens is 248 g/mol. The Hall–Kier alpha value is -2.86. The first-order valence-electron chi connectivity index (χ1n) is 6.11. The third-order valence-corrected chi connectivity index (χ3v) is 2.68. The lowest BCUT2D eigenvalue weighted by Crippen LogP contribution is -1.89. The summed E-state index contributed by atoms with van der Waals surface area (Å²) in [6, 6.07) is 16.9. The number of benzene rings is 2. The minimum absolute atomic E-state index is 0.377. The maximum Gasteiger partial charge on any atom is 0.142 e. The predicted octanol–water partition coefficient (Wildman–Crippen LogP) is 3.63. The van der Waals surface area contributed by atoms with Gasteiger partial charge in [-0.05, 0) is 23.3 Å². The zero-order valence-corrected chi connectivity index (χ0v) is 10.9. The molecule has 3 heteroatoms. The number of nitriles is 1. The lowest BCUT2D eigenvalue weighted by atomic mass is 10.1. The molecular formula is C17H13N2O. The highest BCUT2D eigenvalue weighted by Crippen LogP contribution is 2.07. The van der Waals surface area contributed by atoms with Crippen LogP contribution in [0.15, 0.2) is 60.3 Å². The second-order valence-electron chi connectivity index (χ2n) is 4.11. The first kappa shape index (κ1) is 13.6. The summed E-state index contributed by atoms with van der Waals surface area (Å²) in [6.07, 6.45) is 4.54. The Balaban J connectivity index is 1.89. The van der Waals surface area contributed by atoms with E-state index in [-0.39, 0.29) is 0 Å². The van der Waals surface area contributed by atoms with Crippen molar-refractivity contribution in [1.82, 2.24) is 0 Å². The monoisotopic (exact) mass is 261 g/mol. The van der Waals surface area contributed by atoms with E-state index < -0.39 is 0 Å². The van der Waals surface area contributed by atoms with Crippen molar-refractivity contribution in [3.63, 3.8) is 0 Å². The van der Waals surface area contributed by atoms with Gasteiger partial charge >= 0.3 is 0 Å². The van der Waals surface area contributed by atoms with E-state index in [1.54, 1.807) is 24.3 Å². The molecule has 0 N–H and O–H groups in total. The van der Waals surface area contributed by atoms with Crippen molar-refractivity contribution in [2.45, 2.75) is 6.61 Å². The van der Waals surface area contributed by atoms with Gasteiger partial charge in [0.1, 0.15) is 12.8 Å². The van der Waals surface area contributed by atoms with Gasteiger partial charge in [-0.25, -0.2) is 0 Å². The van der Waals surface area contributed by atoms with Crippen molar-refractivity contribution < 1.29 is 4.84 Å². The molecule has 2 aromatic carbocycles. The summed E-state index contributed by atoms with van der Waals surface area (Å²) in [4.78, 5) is 5.18. The van der Waals surface area contributed by atoms with Crippen molar-refractivity contribution in [3.8, 4) is 6.07 Å². The molecule has 0 fully saturated rings. The van der Waals surface area contributed by atoms with Gasteiger partial charge in [-0.1, -0.05) is 54.2 Å². The number of hydrogen-bond acceptors (Lipinski definition) is 3. The van der Waals surface area contributed by atoms with E-state index in [4.69, 9.17) is 10.1 Å². The van der Waals surface area contributed by atoms with Crippen LogP contribution in [0, 0.1) is 11.3 Å². The highest BCUT2D eigenvalue weighted by Gasteiger charge is 1.94. The Morgan fingerprint density at radius 2 is 1.90 bits per heavy atom. The van der Waals surface area contributed by atoms with Gasteiger partial charge < -0.3 is 4.84 Å². The molecule has 0 atom stereocenters. The van der Waals surface area contributed by atoms with Gasteiger partial charge in [0, 0.05) is 5.56 Å². The van der Waals surface area contributed by atoms with E-state index in [1.807, 2.05) is 30.3 Å². The molecule has 0 bridgehead atoms. The van der Waals surface area contributed by atoms with Crippen LogP contribution in [-0.4, -0.2) is 6.21 Å². The van der Waals surface area contributed by atoms with Crippen LogP contribution < -0.4 is 0 Å². The van der Waals surface area contributed by atoms with Crippen molar-refractivity contribution in [3.05, 3.63) is 77.4 Å². The van der Waals surface area contributed by atoms with Crippen LogP contribution in [0.3, 0.4) is 0 Å². The van der Waals surface area contributed by atoms with Gasteiger partial charge in [0.15, 0.2) is 0 Å². The molecule has 0 unspecified atom stereocenters. The highest BCUT2D eigenvalue weighted by atomic mass is 16.6. The molecule has 0 amide bonds. The summed E-state index contributed by atoms with van der Waals surface area (Å²) in [5.41, 5.74) is 3.38. The minimum Gasteiger partial charge on any atom is -0.390 e. The predicted molar refractivity (Wildman–Crippen MR) is 79.0 cm³/mol. The summed E-state index contributed by atoms with van der Waals surface area (Å²) in [7, 11) is 0. The van der Waals surface area contributed by atoms with Crippen molar-refractivity contribution in [2.24, 2.45) is 5.16 Å². The van der Waals surface area contributed by atoms with Gasteiger partial charge in [0.2, 0.25) is 0 Å². The first-order valence-corrected chi connectivity index (χ1v) is 6.11. The number of nitrogens with zero attached hydrogens (tertiary/aromatic N) is 2. The molecule has 0 aliphatic carbocycles. The average Bonchev–Trinajstić information content (AvgIpc) is 2.52. The average molecular weight is 261 g/mol. The molecule has 2 aromatic rings. The fourth-order valence-electron chi connectivity index (χ4n) is 1.60. The summed E-state index contributed by atoms with van der Waals surface area (Å²) in [5.74, 6) is 0. The standard InChI is InChI=1S/C17H13N2O/c1-2-14-6-8-15(9-7-14)13-20-19-12-17-5-3-4-16(10-17)11-18/h2-10H,1,13H2. The molecule has 20 heavy (non-hydrogen) atoms. The summed E-state index contributed by atoms with van der Waals surface area (Å²) >= 11 is 0. The third-order valence-electron chi connectivity index (χ3n) is 2.68. The SMILES string of the molecule is C=Cc1ccc(CO/N=[C]\c2cccc(C#N)c2)cc1. The van der Waals surface area contributed by atoms with Gasteiger partial charge in [0.05, 0.1) is 11.6 Å². The lowest BCUT2D eigenvalue weighted by Gasteiger charge is -2.00. The van der Waals surface area contributed by atoms with Crippen LogP contribution in [0.4, 0.5) is 0 Å². The van der Waals surface area contributed by atoms with E-state index in [0.717, 1.165) is 11.1 Å². The molecule has 0 heterocycles. The summed E-state index contributed by atoms with van der Waals surface area (Å²) in [6.45, 7) is 4.08. The van der Waals surface area contributed by atoms with Crippen LogP contribution >= 0.6 is 0 Å². The van der Waals surface area contributed by atoms with E-state index in [1.165, 1.54) is 0 Å². The second kappa shape index (κ2) is 6.91. The molecule has 0 saturated carbocycles. The largest absolute Gasteiger partial charge is 0.390 e. The molecule has 0 aliphatic heterocycles. The van der Waals surface area contributed by atoms with E-state index >= 15 is 0 Å². The highest BCUT2D eigenvalue weighted by molar-refractivity contribution is 5.79. The van der Waals surface area contributed by atoms with Gasteiger partial charge in [0.25, 0.3) is 0 Å². The number of hydrogen-bond donors (Lipinski definition) is 0. The Morgan fingerprint density at radius 1 is 1.15 bits per heavy atom. The van der Waals surface area contributed by atoms with Crippen LogP contribution in [0.25, 0.3) is 6.08 Å². The molecule has 0 spiro atoms. The van der Waals surface area contributed by atoms with Gasteiger partial charge in [-0.15, -0.1) is 0 Å².